The van der Waals surface area contributed by atoms with E-state index >= 15 is 0 Å². The highest BCUT2D eigenvalue weighted by molar-refractivity contribution is 5.59. The molecule has 0 aliphatic heterocycles. The van der Waals surface area contributed by atoms with Crippen LogP contribution in [0.1, 0.15) is 5.69 Å². The second-order valence-corrected chi connectivity index (χ2v) is 3.56. The molecular weight excluding hydrogens is 223 g/mol. The lowest BCUT2D eigenvalue weighted by Gasteiger charge is -2.06. The monoisotopic (exact) mass is 234 g/mol. The molecule has 1 aromatic carbocycles. The molecule has 1 aromatic heterocycles. The Hall–Kier alpha value is -2.21. The van der Waals surface area contributed by atoms with Crippen molar-refractivity contribution in [2.75, 3.05) is 5.43 Å². The van der Waals surface area contributed by atoms with Gasteiger partial charge in [-0.2, -0.15) is 0 Å². The number of aromatic nitrogens is 2. The lowest BCUT2D eigenvalue weighted by Crippen LogP contribution is -2.10. The van der Waals surface area contributed by atoms with Crippen LogP contribution in [0.5, 0.6) is 5.75 Å². The molecule has 0 aliphatic carbocycles. The van der Waals surface area contributed by atoms with Crippen molar-refractivity contribution < 1.29 is 9.50 Å². The van der Waals surface area contributed by atoms with E-state index in [2.05, 4.69) is 15.4 Å². The number of nitrogens with zero attached hydrogens (tertiary/aromatic N) is 2. The number of hydrogen-bond donors (Lipinski definition) is 3. The molecule has 0 atom stereocenters. The van der Waals surface area contributed by atoms with E-state index in [9.17, 15) is 9.50 Å². The minimum Gasteiger partial charge on any atom is -0.508 e. The summed E-state index contributed by atoms with van der Waals surface area (Å²) in [5.41, 5.74) is 3.48. The smallest absolute Gasteiger partial charge is 0.162 e. The van der Waals surface area contributed by atoms with Crippen LogP contribution in [0.25, 0.3) is 11.4 Å². The summed E-state index contributed by atoms with van der Waals surface area (Å²) in [5.74, 6) is 5.27. The first-order chi connectivity index (χ1) is 8.08. The van der Waals surface area contributed by atoms with E-state index in [0.717, 1.165) is 6.07 Å². The Kier molecular flexibility index (Phi) is 2.88. The summed E-state index contributed by atoms with van der Waals surface area (Å²) >= 11 is 0. The molecule has 0 fully saturated rings. The lowest BCUT2D eigenvalue weighted by atomic mass is 10.2. The fraction of sp³-hybridized carbons (Fsp3) is 0.0909. The van der Waals surface area contributed by atoms with Crippen LogP contribution < -0.4 is 11.3 Å². The third-order valence-corrected chi connectivity index (χ3v) is 2.14. The number of hydrogen-bond acceptors (Lipinski definition) is 5. The number of phenols is 1. The van der Waals surface area contributed by atoms with E-state index < -0.39 is 5.82 Å². The van der Waals surface area contributed by atoms with Gasteiger partial charge in [0.15, 0.2) is 5.82 Å². The van der Waals surface area contributed by atoms with Gasteiger partial charge >= 0.3 is 0 Å². The predicted molar refractivity (Wildman–Crippen MR) is 61.6 cm³/mol. The molecule has 0 unspecified atom stereocenters. The molecule has 0 saturated carbocycles. The first-order valence-corrected chi connectivity index (χ1v) is 4.91. The summed E-state index contributed by atoms with van der Waals surface area (Å²) in [7, 11) is 0. The topological polar surface area (TPSA) is 84.1 Å². The summed E-state index contributed by atoms with van der Waals surface area (Å²) in [6, 6.07) is 5.30. The number of phenolic OH excluding ortho intramolecular Hbond substituents is 1. The first-order valence-electron chi connectivity index (χ1n) is 4.91. The van der Waals surface area contributed by atoms with Gasteiger partial charge in [0, 0.05) is 23.4 Å². The van der Waals surface area contributed by atoms with Crippen LogP contribution in [0.2, 0.25) is 0 Å². The minimum absolute atomic E-state index is 0.174. The van der Waals surface area contributed by atoms with E-state index in [-0.39, 0.29) is 5.75 Å². The zero-order valence-corrected chi connectivity index (χ0v) is 9.11. The average Bonchev–Trinajstić information content (AvgIpc) is 2.26. The van der Waals surface area contributed by atoms with Crippen molar-refractivity contribution in [3.63, 3.8) is 0 Å². The zero-order valence-electron chi connectivity index (χ0n) is 9.11. The van der Waals surface area contributed by atoms with Gasteiger partial charge in [-0.25, -0.2) is 20.2 Å². The van der Waals surface area contributed by atoms with Crippen molar-refractivity contribution in [1.82, 2.24) is 9.97 Å². The Bertz CT molecular complexity index is 539. The third kappa shape index (κ3) is 2.48. The Labute approximate surface area is 97.1 Å². The molecule has 5 nitrogen and oxygen atoms in total. The maximum atomic E-state index is 13.1. The van der Waals surface area contributed by atoms with Gasteiger partial charge in [0.25, 0.3) is 0 Å². The molecule has 6 heteroatoms. The lowest BCUT2D eigenvalue weighted by molar-refractivity contribution is 0.469. The second kappa shape index (κ2) is 4.34. The number of nitrogen functional groups attached to an aromatic ring is 1. The van der Waals surface area contributed by atoms with Crippen LogP contribution in [-0.2, 0) is 0 Å². The van der Waals surface area contributed by atoms with Gasteiger partial charge in [0.2, 0.25) is 0 Å². The van der Waals surface area contributed by atoms with Crippen LogP contribution >= 0.6 is 0 Å². The molecule has 0 amide bonds. The van der Waals surface area contributed by atoms with Crippen molar-refractivity contribution in [1.29, 1.82) is 0 Å². The van der Waals surface area contributed by atoms with Crippen molar-refractivity contribution in [3.8, 4) is 17.1 Å². The van der Waals surface area contributed by atoms with E-state index in [0.29, 0.717) is 22.9 Å². The molecule has 0 saturated heterocycles. The van der Waals surface area contributed by atoms with Crippen LogP contribution in [0.4, 0.5) is 10.2 Å². The van der Waals surface area contributed by atoms with Crippen molar-refractivity contribution in [2.24, 2.45) is 5.84 Å². The van der Waals surface area contributed by atoms with Gasteiger partial charge in [-0.15, -0.1) is 0 Å². The molecule has 2 rings (SSSR count). The number of nitrogens with two attached hydrogens (primary N) is 1. The Morgan fingerprint density at radius 2 is 2.00 bits per heavy atom. The third-order valence-electron chi connectivity index (χ3n) is 2.14. The highest BCUT2D eigenvalue weighted by atomic mass is 19.1. The number of hydrazine groups is 1. The van der Waals surface area contributed by atoms with Gasteiger partial charge in [-0.1, -0.05) is 0 Å². The Balaban J connectivity index is 2.55. The minimum atomic E-state index is -0.549. The number of benzene rings is 1. The van der Waals surface area contributed by atoms with E-state index in [4.69, 9.17) is 5.84 Å². The summed E-state index contributed by atoms with van der Waals surface area (Å²) in [5, 5.41) is 9.32. The number of aryl methyl sites for hydroxylation is 1. The van der Waals surface area contributed by atoms with Crippen LogP contribution in [0.15, 0.2) is 24.3 Å². The van der Waals surface area contributed by atoms with Gasteiger partial charge < -0.3 is 10.5 Å². The van der Waals surface area contributed by atoms with Gasteiger partial charge in [0.1, 0.15) is 17.4 Å². The zero-order chi connectivity index (χ0) is 12.4. The Morgan fingerprint density at radius 3 is 2.65 bits per heavy atom. The largest absolute Gasteiger partial charge is 0.508 e. The second-order valence-electron chi connectivity index (χ2n) is 3.56. The standard InChI is InChI=1S/C11H11FN4O/c1-6-2-10(16-13)15-11(14-6)7-3-8(12)5-9(17)4-7/h2-5,17H,13H2,1H3,(H,14,15,16). The van der Waals surface area contributed by atoms with Crippen molar-refractivity contribution in [3.05, 3.63) is 35.8 Å². The molecule has 4 N–H and O–H groups in total. The fourth-order valence-electron chi connectivity index (χ4n) is 1.47. The maximum Gasteiger partial charge on any atom is 0.162 e. The van der Waals surface area contributed by atoms with Crippen molar-refractivity contribution in [2.45, 2.75) is 6.92 Å². The van der Waals surface area contributed by atoms with E-state index in [1.54, 1.807) is 13.0 Å². The number of nitrogens with one attached hydrogen (secondary N) is 1. The number of halogens is 1. The summed E-state index contributed by atoms with van der Waals surface area (Å²) < 4.78 is 13.1. The first kappa shape index (κ1) is 11.3. The van der Waals surface area contributed by atoms with Crippen LogP contribution in [0, 0.1) is 12.7 Å². The molecule has 1 heterocycles. The molecule has 0 spiro atoms. The summed E-state index contributed by atoms with van der Waals surface area (Å²) in [6.07, 6.45) is 0. The van der Waals surface area contributed by atoms with Gasteiger partial charge in [-0.3, -0.25) is 0 Å². The summed E-state index contributed by atoms with van der Waals surface area (Å²) in [6.45, 7) is 1.77. The fourth-order valence-corrected chi connectivity index (χ4v) is 1.47. The number of aromatic hydroxyl groups is 1. The average molecular weight is 234 g/mol. The quantitative estimate of drug-likeness (QED) is 0.542. The molecule has 88 valence electrons. The molecule has 0 aliphatic rings. The molecular formula is C11H11FN4O. The van der Waals surface area contributed by atoms with Gasteiger partial charge in [0.05, 0.1) is 0 Å². The highest BCUT2D eigenvalue weighted by Gasteiger charge is 2.07. The Morgan fingerprint density at radius 1 is 1.24 bits per heavy atom. The van der Waals surface area contributed by atoms with E-state index in [1.807, 2.05) is 0 Å². The normalized spacial score (nSPS) is 10.3. The highest BCUT2D eigenvalue weighted by Crippen LogP contribution is 2.23. The molecule has 2 aromatic rings. The number of anilines is 1. The van der Waals surface area contributed by atoms with Crippen LogP contribution in [0.3, 0.4) is 0 Å². The van der Waals surface area contributed by atoms with Gasteiger partial charge in [-0.05, 0) is 19.1 Å². The SMILES string of the molecule is Cc1cc(NN)nc(-c2cc(O)cc(F)c2)n1. The molecule has 17 heavy (non-hydrogen) atoms. The van der Waals surface area contributed by atoms with Crippen LogP contribution in [-0.4, -0.2) is 15.1 Å². The molecule has 0 bridgehead atoms. The molecule has 0 radical (unpaired) electrons. The van der Waals surface area contributed by atoms with Crippen molar-refractivity contribution >= 4 is 5.82 Å². The summed E-state index contributed by atoms with van der Waals surface area (Å²) in [4.78, 5) is 8.23. The number of rotatable bonds is 2. The predicted octanol–water partition coefficient (Wildman–Crippen LogP) is 1.58. The maximum absolute atomic E-state index is 13.1. The van der Waals surface area contributed by atoms with E-state index in [1.165, 1.54) is 12.1 Å².